The van der Waals surface area contributed by atoms with Crippen LogP contribution in [0.3, 0.4) is 0 Å². The molecule has 1 aliphatic heterocycles. The molecule has 2 rings (SSSR count). The molecule has 1 aromatic heterocycles. The van der Waals surface area contributed by atoms with Gasteiger partial charge in [-0.05, 0) is 23.3 Å². The van der Waals surface area contributed by atoms with Crippen LogP contribution in [0.4, 0.5) is 0 Å². The summed E-state index contributed by atoms with van der Waals surface area (Å²) in [7, 11) is 0. The average molecular weight is 322 g/mol. The van der Waals surface area contributed by atoms with Crippen LogP contribution < -0.4 is 0 Å². The molecule has 4 nitrogen and oxygen atoms in total. The van der Waals surface area contributed by atoms with E-state index in [4.69, 9.17) is 0 Å². The third-order valence-electron chi connectivity index (χ3n) is 3.79. The Morgan fingerprint density at radius 2 is 1.73 bits per heavy atom. The molecule has 0 N–H and O–H groups in total. The minimum absolute atomic E-state index is 0.0120. The van der Waals surface area contributed by atoms with Crippen molar-refractivity contribution in [1.82, 2.24) is 9.80 Å². The molecule has 5 heteroatoms. The normalized spacial score (nSPS) is 16.5. The van der Waals surface area contributed by atoms with E-state index in [1.165, 1.54) is 0 Å². The van der Waals surface area contributed by atoms with Crippen molar-refractivity contribution in [3.05, 3.63) is 22.4 Å². The molecular formula is C17H26N2O2S. The molecule has 0 radical (unpaired) electrons. The van der Waals surface area contributed by atoms with Crippen molar-refractivity contribution in [2.45, 2.75) is 40.0 Å². The van der Waals surface area contributed by atoms with Gasteiger partial charge in [0.25, 0.3) is 0 Å². The van der Waals surface area contributed by atoms with E-state index >= 15 is 0 Å². The number of thiophene rings is 1. The summed E-state index contributed by atoms with van der Waals surface area (Å²) in [5.74, 6) is 0.382. The molecule has 0 spiro atoms. The van der Waals surface area contributed by atoms with Crippen molar-refractivity contribution >= 4 is 23.2 Å². The summed E-state index contributed by atoms with van der Waals surface area (Å²) < 4.78 is 0. The lowest BCUT2D eigenvalue weighted by Gasteiger charge is -2.25. The Bertz CT molecular complexity index is 505. The average Bonchev–Trinajstić information content (AvgIpc) is 2.78. The first-order valence-corrected chi connectivity index (χ1v) is 8.81. The largest absolute Gasteiger partial charge is 0.341 e. The molecule has 1 fully saturated rings. The van der Waals surface area contributed by atoms with Gasteiger partial charge in [-0.15, -0.1) is 11.3 Å². The maximum Gasteiger partial charge on any atom is 0.227 e. The fourth-order valence-electron chi connectivity index (χ4n) is 2.66. The van der Waals surface area contributed by atoms with Gasteiger partial charge in [0.1, 0.15) is 0 Å². The van der Waals surface area contributed by atoms with Gasteiger partial charge in [-0.25, -0.2) is 0 Å². The summed E-state index contributed by atoms with van der Waals surface area (Å²) in [6.45, 7) is 9.07. The molecule has 22 heavy (non-hydrogen) atoms. The van der Waals surface area contributed by atoms with Gasteiger partial charge in [0, 0.05) is 37.5 Å². The van der Waals surface area contributed by atoms with E-state index in [1.54, 1.807) is 11.3 Å². The molecule has 2 amide bonds. The van der Waals surface area contributed by atoms with Crippen LogP contribution in [0.2, 0.25) is 0 Å². The molecule has 0 bridgehead atoms. The summed E-state index contributed by atoms with van der Waals surface area (Å²) in [6.07, 6.45) is 1.91. The van der Waals surface area contributed by atoms with Gasteiger partial charge in [-0.1, -0.05) is 26.8 Å². The van der Waals surface area contributed by atoms with Crippen LogP contribution in [0.1, 0.15) is 38.5 Å². The van der Waals surface area contributed by atoms with Crippen LogP contribution in [0.5, 0.6) is 0 Å². The first kappa shape index (κ1) is 17.0. The zero-order valence-electron chi connectivity index (χ0n) is 13.8. The smallest absolute Gasteiger partial charge is 0.227 e. The van der Waals surface area contributed by atoms with Crippen molar-refractivity contribution in [2.24, 2.45) is 5.41 Å². The van der Waals surface area contributed by atoms with Gasteiger partial charge >= 0.3 is 0 Å². The molecule has 0 aliphatic carbocycles. The van der Waals surface area contributed by atoms with Gasteiger partial charge < -0.3 is 9.80 Å². The van der Waals surface area contributed by atoms with Crippen LogP contribution in [0.25, 0.3) is 0 Å². The highest BCUT2D eigenvalue weighted by Gasteiger charge is 2.25. The number of carbonyl (C=O) groups is 2. The fraction of sp³-hybridized carbons (Fsp3) is 0.647. The first-order valence-electron chi connectivity index (χ1n) is 7.93. The van der Waals surface area contributed by atoms with E-state index in [0.29, 0.717) is 25.9 Å². The number of nitrogens with zero attached hydrogens (tertiary/aromatic N) is 2. The molecule has 1 aliphatic rings. The summed E-state index contributed by atoms with van der Waals surface area (Å²) >= 11 is 1.62. The Labute approximate surface area is 137 Å². The number of carbonyl (C=O) groups excluding carboxylic acids is 2. The highest BCUT2D eigenvalue weighted by molar-refractivity contribution is 7.10. The van der Waals surface area contributed by atoms with Crippen LogP contribution in [-0.2, 0) is 16.0 Å². The van der Waals surface area contributed by atoms with Crippen molar-refractivity contribution in [3.63, 3.8) is 0 Å². The minimum Gasteiger partial charge on any atom is -0.341 e. The summed E-state index contributed by atoms with van der Waals surface area (Å²) in [6, 6.07) is 3.97. The molecule has 0 saturated carbocycles. The van der Waals surface area contributed by atoms with Gasteiger partial charge in [-0.2, -0.15) is 0 Å². The lowest BCUT2D eigenvalue weighted by atomic mass is 9.91. The SMILES string of the molecule is CC(C)(C)CC(=O)N1CCCN(C(=O)Cc2cccs2)CC1. The van der Waals surface area contributed by atoms with Gasteiger partial charge in [0.2, 0.25) is 11.8 Å². The third-order valence-corrected chi connectivity index (χ3v) is 4.66. The van der Waals surface area contributed by atoms with Crippen molar-refractivity contribution in [3.8, 4) is 0 Å². The van der Waals surface area contributed by atoms with Crippen LogP contribution in [-0.4, -0.2) is 47.8 Å². The lowest BCUT2D eigenvalue weighted by Crippen LogP contribution is -2.38. The topological polar surface area (TPSA) is 40.6 Å². The number of hydrogen-bond donors (Lipinski definition) is 0. The second-order valence-electron chi connectivity index (χ2n) is 7.11. The number of amides is 2. The van der Waals surface area contributed by atoms with Gasteiger partial charge in [-0.3, -0.25) is 9.59 Å². The summed E-state index contributed by atoms with van der Waals surface area (Å²) in [5.41, 5.74) is 0.0120. The zero-order chi connectivity index (χ0) is 16.2. The molecule has 2 heterocycles. The summed E-state index contributed by atoms with van der Waals surface area (Å²) in [4.78, 5) is 29.6. The second-order valence-corrected chi connectivity index (χ2v) is 8.14. The highest BCUT2D eigenvalue weighted by atomic mass is 32.1. The minimum atomic E-state index is 0.0120. The molecule has 0 aromatic carbocycles. The Hall–Kier alpha value is -1.36. The fourth-order valence-corrected chi connectivity index (χ4v) is 3.35. The Morgan fingerprint density at radius 1 is 1.09 bits per heavy atom. The maximum absolute atomic E-state index is 12.4. The van der Waals surface area contributed by atoms with E-state index in [1.807, 2.05) is 27.3 Å². The quantitative estimate of drug-likeness (QED) is 0.858. The van der Waals surface area contributed by atoms with E-state index in [0.717, 1.165) is 24.4 Å². The molecule has 0 atom stereocenters. The predicted molar refractivity (Wildman–Crippen MR) is 89.9 cm³/mol. The molecule has 1 aromatic rings. The van der Waals surface area contributed by atoms with E-state index in [2.05, 4.69) is 20.8 Å². The second kappa shape index (κ2) is 7.27. The monoisotopic (exact) mass is 322 g/mol. The molecule has 0 unspecified atom stereocenters. The predicted octanol–water partition coefficient (Wildman–Crippen LogP) is 2.79. The standard InChI is InChI=1S/C17H26N2O2S/c1-17(2,3)13-16(21)19-8-5-7-18(9-10-19)15(20)12-14-6-4-11-22-14/h4,6,11H,5,7-10,12-13H2,1-3H3. The van der Waals surface area contributed by atoms with Crippen LogP contribution in [0, 0.1) is 5.41 Å². The molecule has 122 valence electrons. The van der Waals surface area contributed by atoms with Crippen molar-refractivity contribution in [1.29, 1.82) is 0 Å². The van der Waals surface area contributed by atoms with Crippen molar-refractivity contribution in [2.75, 3.05) is 26.2 Å². The van der Waals surface area contributed by atoms with Crippen LogP contribution >= 0.6 is 11.3 Å². The number of rotatable bonds is 3. The summed E-state index contributed by atoms with van der Waals surface area (Å²) in [5, 5.41) is 2.00. The number of hydrogen-bond acceptors (Lipinski definition) is 3. The first-order chi connectivity index (χ1) is 10.3. The van der Waals surface area contributed by atoms with E-state index in [9.17, 15) is 9.59 Å². The van der Waals surface area contributed by atoms with Crippen LogP contribution in [0.15, 0.2) is 17.5 Å². The zero-order valence-corrected chi connectivity index (χ0v) is 14.6. The van der Waals surface area contributed by atoms with Crippen molar-refractivity contribution < 1.29 is 9.59 Å². The third kappa shape index (κ3) is 5.13. The Balaban J connectivity index is 1.86. The van der Waals surface area contributed by atoms with E-state index in [-0.39, 0.29) is 17.2 Å². The Kier molecular flexibility index (Phi) is 5.62. The van der Waals surface area contributed by atoms with Gasteiger partial charge in [0.15, 0.2) is 0 Å². The molecular weight excluding hydrogens is 296 g/mol. The lowest BCUT2D eigenvalue weighted by molar-refractivity contribution is -0.134. The van der Waals surface area contributed by atoms with Gasteiger partial charge in [0.05, 0.1) is 6.42 Å². The highest BCUT2D eigenvalue weighted by Crippen LogP contribution is 2.20. The van der Waals surface area contributed by atoms with E-state index < -0.39 is 0 Å². The Morgan fingerprint density at radius 3 is 2.27 bits per heavy atom. The maximum atomic E-state index is 12.4. The molecule has 1 saturated heterocycles.